The van der Waals surface area contributed by atoms with Crippen molar-refractivity contribution in [3.8, 4) is 0 Å². The molecule has 1 aromatic heterocycles. The fraction of sp³-hybridized carbons (Fsp3) is 0.375. The van der Waals surface area contributed by atoms with Gasteiger partial charge in [-0.15, -0.1) is 0 Å². The number of aryl methyl sites for hydroxylation is 1. The molecule has 2 rings (SSSR count). The third-order valence-corrected chi connectivity index (χ3v) is 3.36. The van der Waals surface area contributed by atoms with Crippen molar-refractivity contribution in [1.82, 2.24) is 4.98 Å². The Labute approximate surface area is 109 Å². The van der Waals surface area contributed by atoms with Crippen molar-refractivity contribution in [1.29, 1.82) is 0 Å². The summed E-state index contributed by atoms with van der Waals surface area (Å²) in [6.07, 6.45) is 6.32. The molecule has 96 valence electrons. The second kappa shape index (κ2) is 5.40. The lowest BCUT2D eigenvalue weighted by Crippen LogP contribution is -2.02. The van der Waals surface area contributed by atoms with E-state index in [0.29, 0.717) is 6.54 Å². The standard InChI is InChI=1S/C16H22N2/c1-11(2)4-6-13-7-5-12(3)16-15(13)14(8-9-17)10-18-16/h4-5,7,10,18H,6,8-9,17H2,1-3H3. The van der Waals surface area contributed by atoms with Gasteiger partial charge in [0.25, 0.3) is 0 Å². The van der Waals surface area contributed by atoms with Crippen LogP contribution in [0.4, 0.5) is 0 Å². The topological polar surface area (TPSA) is 41.8 Å². The van der Waals surface area contributed by atoms with Gasteiger partial charge in [0, 0.05) is 17.1 Å². The predicted molar refractivity (Wildman–Crippen MR) is 78.9 cm³/mol. The van der Waals surface area contributed by atoms with Gasteiger partial charge in [0.15, 0.2) is 0 Å². The van der Waals surface area contributed by atoms with Gasteiger partial charge in [-0.05, 0) is 56.8 Å². The van der Waals surface area contributed by atoms with E-state index in [1.54, 1.807) is 0 Å². The molecule has 1 aromatic carbocycles. The van der Waals surface area contributed by atoms with Crippen LogP contribution in [-0.2, 0) is 12.8 Å². The number of aromatic amines is 1. The fourth-order valence-corrected chi connectivity index (χ4v) is 2.37. The van der Waals surface area contributed by atoms with E-state index >= 15 is 0 Å². The SMILES string of the molecule is CC(C)=CCc1ccc(C)c2[nH]cc(CCN)c12. The highest BCUT2D eigenvalue weighted by Crippen LogP contribution is 2.26. The van der Waals surface area contributed by atoms with Crippen LogP contribution in [0.3, 0.4) is 0 Å². The van der Waals surface area contributed by atoms with E-state index in [4.69, 9.17) is 5.73 Å². The zero-order chi connectivity index (χ0) is 13.1. The lowest BCUT2D eigenvalue weighted by molar-refractivity contribution is 0.975. The van der Waals surface area contributed by atoms with Crippen LogP contribution in [-0.4, -0.2) is 11.5 Å². The van der Waals surface area contributed by atoms with Gasteiger partial charge < -0.3 is 10.7 Å². The summed E-state index contributed by atoms with van der Waals surface area (Å²) in [6.45, 7) is 7.13. The summed E-state index contributed by atoms with van der Waals surface area (Å²) in [5.41, 5.74) is 12.3. The average molecular weight is 242 g/mol. The summed E-state index contributed by atoms with van der Waals surface area (Å²) in [7, 11) is 0. The molecule has 0 atom stereocenters. The molecule has 0 bridgehead atoms. The highest BCUT2D eigenvalue weighted by molar-refractivity contribution is 5.89. The molecule has 3 N–H and O–H groups in total. The molecule has 18 heavy (non-hydrogen) atoms. The number of aromatic nitrogens is 1. The summed E-state index contributed by atoms with van der Waals surface area (Å²) < 4.78 is 0. The van der Waals surface area contributed by atoms with Crippen molar-refractivity contribution in [3.05, 3.63) is 46.7 Å². The minimum atomic E-state index is 0.697. The van der Waals surface area contributed by atoms with Gasteiger partial charge in [0.05, 0.1) is 0 Å². The Morgan fingerprint density at radius 2 is 2.06 bits per heavy atom. The van der Waals surface area contributed by atoms with Gasteiger partial charge in [-0.25, -0.2) is 0 Å². The Hall–Kier alpha value is -1.54. The van der Waals surface area contributed by atoms with E-state index < -0.39 is 0 Å². The smallest absolute Gasteiger partial charge is 0.0489 e. The summed E-state index contributed by atoms with van der Waals surface area (Å²) in [5.74, 6) is 0. The Morgan fingerprint density at radius 1 is 1.28 bits per heavy atom. The normalized spacial score (nSPS) is 10.9. The van der Waals surface area contributed by atoms with Crippen molar-refractivity contribution >= 4 is 10.9 Å². The van der Waals surface area contributed by atoms with Crippen molar-refractivity contribution < 1.29 is 0 Å². The van der Waals surface area contributed by atoms with E-state index in [1.165, 1.54) is 33.2 Å². The van der Waals surface area contributed by atoms with Gasteiger partial charge in [0.2, 0.25) is 0 Å². The van der Waals surface area contributed by atoms with Crippen LogP contribution < -0.4 is 5.73 Å². The summed E-state index contributed by atoms with van der Waals surface area (Å²) >= 11 is 0. The Bertz CT molecular complexity index is 572. The first-order valence-corrected chi connectivity index (χ1v) is 6.55. The van der Waals surface area contributed by atoms with Crippen LogP contribution in [0.5, 0.6) is 0 Å². The molecule has 0 spiro atoms. The summed E-state index contributed by atoms with van der Waals surface area (Å²) in [4.78, 5) is 3.39. The molecule has 0 aliphatic heterocycles. The molecular weight excluding hydrogens is 220 g/mol. The zero-order valence-corrected chi connectivity index (χ0v) is 11.5. The number of H-pyrrole nitrogens is 1. The molecule has 0 saturated carbocycles. The van der Waals surface area contributed by atoms with Crippen LogP contribution in [0.15, 0.2) is 30.0 Å². The van der Waals surface area contributed by atoms with E-state index in [0.717, 1.165) is 12.8 Å². The molecule has 2 nitrogen and oxygen atoms in total. The van der Waals surface area contributed by atoms with E-state index in [2.05, 4.69) is 50.2 Å². The Morgan fingerprint density at radius 3 is 2.72 bits per heavy atom. The number of hydrogen-bond donors (Lipinski definition) is 2. The lowest BCUT2D eigenvalue weighted by Gasteiger charge is -2.06. The molecular formula is C16H22N2. The molecule has 2 heteroatoms. The number of fused-ring (bicyclic) bond motifs is 1. The number of allylic oxidation sites excluding steroid dienone is 2. The molecule has 0 radical (unpaired) electrons. The highest BCUT2D eigenvalue weighted by Gasteiger charge is 2.09. The van der Waals surface area contributed by atoms with Gasteiger partial charge in [0.1, 0.15) is 0 Å². The average Bonchev–Trinajstić information content (AvgIpc) is 2.74. The summed E-state index contributed by atoms with van der Waals surface area (Å²) in [5, 5.41) is 1.37. The fourth-order valence-electron chi connectivity index (χ4n) is 2.37. The van der Waals surface area contributed by atoms with E-state index in [-0.39, 0.29) is 0 Å². The quantitative estimate of drug-likeness (QED) is 0.792. The van der Waals surface area contributed by atoms with Crippen molar-refractivity contribution in [3.63, 3.8) is 0 Å². The van der Waals surface area contributed by atoms with E-state index in [9.17, 15) is 0 Å². The number of nitrogens with two attached hydrogens (primary N) is 1. The second-order valence-corrected chi connectivity index (χ2v) is 5.13. The summed E-state index contributed by atoms with van der Waals surface area (Å²) in [6, 6.07) is 4.43. The number of nitrogens with one attached hydrogen (secondary N) is 1. The molecule has 0 aliphatic rings. The highest BCUT2D eigenvalue weighted by atomic mass is 14.7. The maximum Gasteiger partial charge on any atom is 0.0489 e. The molecule has 0 aliphatic carbocycles. The van der Waals surface area contributed by atoms with Gasteiger partial charge in [-0.2, -0.15) is 0 Å². The predicted octanol–water partition coefficient (Wildman–Crippen LogP) is 3.49. The van der Waals surface area contributed by atoms with Gasteiger partial charge in [-0.3, -0.25) is 0 Å². The number of benzene rings is 1. The van der Waals surface area contributed by atoms with Crippen LogP contribution in [0.2, 0.25) is 0 Å². The monoisotopic (exact) mass is 242 g/mol. The van der Waals surface area contributed by atoms with Crippen molar-refractivity contribution in [2.75, 3.05) is 6.54 Å². The minimum Gasteiger partial charge on any atom is -0.361 e. The van der Waals surface area contributed by atoms with Crippen LogP contribution >= 0.6 is 0 Å². The first kappa shape index (κ1) is 12.9. The van der Waals surface area contributed by atoms with Crippen LogP contribution in [0, 0.1) is 6.92 Å². The number of rotatable bonds is 4. The van der Waals surface area contributed by atoms with Crippen LogP contribution in [0.1, 0.15) is 30.5 Å². The zero-order valence-electron chi connectivity index (χ0n) is 11.5. The molecule has 2 aromatic rings. The lowest BCUT2D eigenvalue weighted by atomic mass is 9.99. The van der Waals surface area contributed by atoms with Gasteiger partial charge in [-0.1, -0.05) is 23.8 Å². The minimum absolute atomic E-state index is 0.697. The third-order valence-electron chi connectivity index (χ3n) is 3.36. The van der Waals surface area contributed by atoms with Crippen molar-refractivity contribution in [2.45, 2.75) is 33.6 Å². The largest absolute Gasteiger partial charge is 0.361 e. The molecule has 0 amide bonds. The maximum absolute atomic E-state index is 5.70. The van der Waals surface area contributed by atoms with Crippen LogP contribution in [0.25, 0.3) is 10.9 Å². The Balaban J connectivity index is 2.54. The molecule has 1 heterocycles. The second-order valence-electron chi connectivity index (χ2n) is 5.13. The maximum atomic E-state index is 5.70. The van der Waals surface area contributed by atoms with Crippen molar-refractivity contribution in [2.24, 2.45) is 5.73 Å². The van der Waals surface area contributed by atoms with E-state index in [1.807, 2.05) is 0 Å². The third kappa shape index (κ3) is 2.49. The first-order chi connectivity index (χ1) is 8.63. The first-order valence-electron chi connectivity index (χ1n) is 6.55. The Kier molecular flexibility index (Phi) is 3.87. The van der Waals surface area contributed by atoms with Gasteiger partial charge >= 0.3 is 0 Å². The molecule has 0 unspecified atom stereocenters. The molecule has 0 fully saturated rings. The number of hydrogen-bond acceptors (Lipinski definition) is 1. The molecule has 0 saturated heterocycles.